The van der Waals surface area contributed by atoms with Crippen molar-refractivity contribution in [3.63, 3.8) is 0 Å². The first kappa shape index (κ1) is 12.2. The Morgan fingerprint density at radius 1 is 1.47 bits per heavy atom. The van der Waals surface area contributed by atoms with E-state index in [1.807, 2.05) is 12.1 Å². The fourth-order valence-electron chi connectivity index (χ4n) is 2.31. The highest BCUT2D eigenvalue weighted by Gasteiger charge is 2.22. The first-order valence-electron chi connectivity index (χ1n) is 5.92. The second kappa shape index (κ2) is 5.38. The molecule has 0 bridgehead atoms. The second-order valence-corrected chi connectivity index (χ2v) is 4.54. The number of aliphatic hydroxyl groups excluding tert-OH is 1. The molecule has 1 atom stereocenters. The van der Waals surface area contributed by atoms with E-state index in [4.69, 9.17) is 9.84 Å². The summed E-state index contributed by atoms with van der Waals surface area (Å²) in [5.74, 6) is 1.12. The van der Waals surface area contributed by atoms with Crippen LogP contribution in [0.2, 0.25) is 0 Å². The Morgan fingerprint density at radius 2 is 2.29 bits per heavy atom. The molecule has 1 aliphatic heterocycles. The Labute approximate surface area is 101 Å². The predicted molar refractivity (Wildman–Crippen MR) is 65.1 cm³/mol. The minimum atomic E-state index is 0.224. The molecule has 1 fully saturated rings. The van der Waals surface area contributed by atoms with Gasteiger partial charge in [-0.05, 0) is 24.9 Å². The van der Waals surface area contributed by atoms with E-state index < -0.39 is 0 Å². The van der Waals surface area contributed by atoms with Crippen LogP contribution in [0.3, 0.4) is 0 Å². The van der Waals surface area contributed by atoms with Crippen molar-refractivity contribution in [2.75, 3.05) is 26.8 Å². The molecule has 0 saturated carbocycles. The molecule has 0 aromatic heterocycles. The van der Waals surface area contributed by atoms with Crippen LogP contribution in [0, 0.1) is 5.92 Å². The predicted octanol–water partition coefficient (Wildman–Crippen LogP) is 1.21. The van der Waals surface area contributed by atoms with E-state index in [9.17, 15) is 5.11 Å². The molecule has 0 aliphatic carbocycles. The highest BCUT2D eigenvalue weighted by Crippen LogP contribution is 2.31. The Hall–Kier alpha value is -1.26. The molecule has 94 valence electrons. The van der Waals surface area contributed by atoms with Gasteiger partial charge in [0.05, 0.1) is 7.11 Å². The highest BCUT2D eigenvalue weighted by molar-refractivity contribution is 5.45. The number of hydrogen-bond donors (Lipinski definition) is 2. The first-order chi connectivity index (χ1) is 8.24. The zero-order valence-electron chi connectivity index (χ0n) is 10.1. The van der Waals surface area contributed by atoms with E-state index in [0.29, 0.717) is 18.2 Å². The maximum Gasteiger partial charge on any atom is 0.162 e. The maximum absolute atomic E-state index is 9.97. The zero-order valence-corrected chi connectivity index (χ0v) is 10.1. The molecule has 4 heteroatoms. The third kappa shape index (κ3) is 2.70. The molecule has 0 unspecified atom stereocenters. The Balaban J connectivity index is 2.04. The Bertz CT molecular complexity index is 381. The van der Waals surface area contributed by atoms with E-state index >= 15 is 0 Å². The molecule has 2 N–H and O–H groups in total. The number of hydrogen-bond acceptors (Lipinski definition) is 4. The van der Waals surface area contributed by atoms with Gasteiger partial charge in [-0.25, -0.2) is 0 Å². The van der Waals surface area contributed by atoms with Gasteiger partial charge in [-0.15, -0.1) is 0 Å². The molecule has 1 saturated heterocycles. The van der Waals surface area contributed by atoms with Crippen LogP contribution >= 0.6 is 0 Å². The molecule has 0 radical (unpaired) electrons. The summed E-state index contributed by atoms with van der Waals surface area (Å²) < 4.78 is 5.08. The summed E-state index contributed by atoms with van der Waals surface area (Å²) in [6.45, 7) is 2.83. The van der Waals surface area contributed by atoms with Gasteiger partial charge in [0.1, 0.15) is 0 Å². The number of likely N-dealkylation sites (tertiary alicyclic amines) is 1. The summed E-state index contributed by atoms with van der Waals surface area (Å²) in [7, 11) is 1.55. The van der Waals surface area contributed by atoms with Gasteiger partial charge in [0.15, 0.2) is 11.5 Å². The lowest BCUT2D eigenvalue weighted by Crippen LogP contribution is -2.21. The number of benzene rings is 1. The van der Waals surface area contributed by atoms with Crippen LogP contribution in [0.15, 0.2) is 18.2 Å². The van der Waals surface area contributed by atoms with Gasteiger partial charge in [-0.3, -0.25) is 4.90 Å². The summed E-state index contributed by atoms with van der Waals surface area (Å²) in [5, 5.41) is 19.1. The average molecular weight is 237 g/mol. The monoisotopic (exact) mass is 237 g/mol. The first-order valence-corrected chi connectivity index (χ1v) is 5.92. The van der Waals surface area contributed by atoms with Crippen LogP contribution in [-0.2, 0) is 6.54 Å². The van der Waals surface area contributed by atoms with Crippen molar-refractivity contribution in [1.29, 1.82) is 0 Å². The van der Waals surface area contributed by atoms with Crippen molar-refractivity contribution in [3.05, 3.63) is 23.8 Å². The Kier molecular flexibility index (Phi) is 3.86. The maximum atomic E-state index is 9.97. The lowest BCUT2D eigenvalue weighted by Gasteiger charge is -2.17. The van der Waals surface area contributed by atoms with Crippen LogP contribution in [0.4, 0.5) is 0 Å². The van der Waals surface area contributed by atoms with Crippen molar-refractivity contribution < 1.29 is 14.9 Å². The van der Waals surface area contributed by atoms with Crippen LogP contribution in [0.1, 0.15) is 12.0 Å². The van der Waals surface area contributed by atoms with Gasteiger partial charge in [-0.1, -0.05) is 12.1 Å². The fourth-order valence-corrected chi connectivity index (χ4v) is 2.31. The molecule has 1 aliphatic rings. The SMILES string of the molecule is COc1cccc(CN2CC[C@@H](CO)C2)c1O. The van der Waals surface area contributed by atoms with Crippen LogP contribution < -0.4 is 4.74 Å². The normalized spacial score (nSPS) is 20.7. The Morgan fingerprint density at radius 3 is 2.94 bits per heavy atom. The molecule has 1 aromatic carbocycles. The molecule has 2 rings (SSSR count). The molecule has 0 amide bonds. The fraction of sp³-hybridized carbons (Fsp3) is 0.538. The van der Waals surface area contributed by atoms with Crippen molar-refractivity contribution in [2.45, 2.75) is 13.0 Å². The molecular formula is C13H19NO3. The number of phenolic OH excluding ortho intramolecular Hbond substituents is 1. The summed E-state index contributed by atoms with van der Waals surface area (Å²) in [6.07, 6.45) is 1.03. The van der Waals surface area contributed by atoms with Gasteiger partial charge >= 0.3 is 0 Å². The van der Waals surface area contributed by atoms with Gasteiger partial charge < -0.3 is 14.9 Å². The van der Waals surface area contributed by atoms with Crippen molar-refractivity contribution in [1.82, 2.24) is 4.90 Å². The van der Waals surface area contributed by atoms with Crippen LogP contribution in [0.5, 0.6) is 11.5 Å². The van der Waals surface area contributed by atoms with Crippen LogP contribution in [0.25, 0.3) is 0 Å². The number of para-hydroxylation sites is 1. The smallest absolute Gasteiger partial charge is 0.162 e. The van der Waals surface area contributed by atoms with E-state index in [2.05, 4.69) is 4.90 Å². The van der Waals surface area contributed by atoms with E-state index in [1.54, 1.807) is 13.2 Å². The van der Waals surface area contributed by atoms with Crippen molar-refractivity contribution in [3.8, 4) is 11.5 Å². The van der Waals surface area contributed by atoms with E-state index in [0.717, 1.165) is 25.1 Å². The molecular weight excluding hydrogens is 218 g/mol. The lowest BCUT2D eigenvalue weighted by atomic mass is 10.1. The van der Waals surface area contributed by atoms with Gasteiger partial charge in [-0.2, -0.15) is 0 Å². The van der Waals surface area contributed by atoms with Crippen LogP contribution in [-0.4, -0.2) is 41.9 Å². The number of aromatic hydroxyl groups is 1. The standard InChI is InChI=1S/C13H19NO3/c1-17-12-4-2-3-11(13(12)16)8-14-6-5-10(7-14)9-15/h2-4,10,15-16H,5-9H2,1H3/t10-/m1/s1. The van der Waals surface area contributed by atoms with Crippen molar-refractivity contribution in [2.24, 2.45) is 5.92 Å². The van der Waals surface area contributed by atoms with Gasteiger partial charge in [0, 0.05) is 25.3 Å². The number of methoxy groups -OCH3 is 1. The quantitative estimate of drug-likeness (QED) is 0.826. The molecule has 1 heterocycles. The van der Waals surface area contributed by atoms with E-state index in [-0.39, 0.29) is 12.4 Å². The summed E-state index contributed by atoms with van der Waals surface area (Å²) >= 11 is 0. The summed E-state index contributed by atoms with van der Waals surface area (Å²) in [5.41, 5.74) is 0.878. The van der Waals surface area contributed by atoms with Crippen molar-refractivity contribution >= 4 is 0 Å². The summed E-state index contributed by atoms with van der Waals surface area (Å²) in [4.78, 5) is 2.25. The number of ether oxygens (including phenoxy) is 1. The third-order valence-corrected chi connectivity index (χ3v) is 3.32. The minimum Gasteiger partial charge on any atom is -0.504 e. The van der Waals surface area contributed by atoms with E-state index in [1.165, 1.54) is 0 Å². The minimum absolute atomic E-state index is 0.224. The van der Waals surface area contributed by atoms with Gasteiger partial charge in [0.25, 0.3) is 0 Å². The largest absolute Gasteiger partial charge is 0.504 e. The van der Waals surface area contributed by atoms with Gasteiger partial charge in [0.2, 0.25) is 0 Å². The number of aliphatic hydroxyl groups is 1. The second-order valence-electron chi connectivity index (χ2n) is 4.54. The average Bonchev–Trinajstić information content (AvgIpc) is 2.79. The molecule has 0 spiro atoms. The molecule has 4 nitrogen and oxygen atoms in total. The summed E-state index contributed by atoms with van der Waals surface area (Å²) in [6, 6.07) is 5.54. The highest BCUT2D eigenvalue weighted by atomic mass is 16.5. The molecule has 17 heavy (non-hydrogen) atoms. The molecule has 1 aromatic rings. The number of rotatable bonds is 4. The third-order valence-electron chi connectivity index (χ3n) is 3.32. The topological polar surface area (TPSA) is 52.9 Å². The lowest BCUT2D eigenvalue weighted by molar-refractivity contribution is 0.219. The zero-order chi connectivity index (χ0) is 12.3. The number of phenols is 1. The number of nitrogens with zero attached hydrogens (tertiary/aromatic N) is 1.